The highest BCUT2D eigenvalue weighted by Gasteiger charge is 2.36. The van der Waals surface area contributed by atoms with Gasteiger partial charge in [0.1, 0.15) is 11.5 Å². The van der Waals surface area contributed by atoms with Crippen molar-refractivity contribution >= 4 is 40.2 Å². The van der Waals surface area contributed by atoms with E-state index in [0.717, 1.165) is 39.9 Å². The third-order valence-corrected chi connectivity index (χ3v) is 10.0. The second-order valence-corrected chi connectivity index (χ2v) is 13.9. The van der Waals surface area contributed by atoms with Gasteiger partial charge >= 0.3 is 0 Å². The van der Waals surface area contributed by atoms with Crippen molar-refractivity contribution in [1.29, 1.82) is 0 Å². The maximum absolute atomic E-state index is 6.17. The molecule has 0 fully saturated rings. The first-order valence-corrected chi connectivity index (χ1v) is 13.0. The molecule has 0 aliphatic carbocycles. The zero-order chi connectivity index (χ0) is 18.4. The standard InChI is InChI=1S/C18H30Br2O3Si/c1-7-9-21-16-12-15(20)17(13-14(16)19)22-10-8-11-23-24(5,6)18(2,3)4/h12-13H,7-11H2,1-6H3. The van der Waals surface area contributed by atoms with Crippen molar-refractivity contribution in [3.8, 4) is 11.5 Å². The highest BCUT2D eigenvalue weighted by Crippen LogP contribution is 2.37. The summed E-state index contributed by atoms with van der Waals surface area (Å²) < 4.78 is 19.5. The van der Waals surface area contributed by atoms with E-state index >= 15 is 0 Å². The third-order valence-electron chi connectivity index (χ3n) is 4.26. The Balaban J connectivity index is 2.47. The van der Waals surface area contributed by atoms with Crippen LogP contribution >= 0.6 is 31.9 Å². The molecule has 24 heavy (non-hydrogen) atoms. The molecule has 0 radical (unpaired) electrons. The molecule has 0 unspecified atom stereocenters. The second-order valence-electron chi connectivity index (χ2n) is 7.37. The first kappa shape index (κ1) is 22.0. The second kappa shape index (κ2) is 9.60. The summed E-state index contributed by atoms with van der Waals surface area (Å²) >= 11 is 7.09. The Hall–Kier alpha value is -0.0431. The maximum atomic E-state index is 6.17. The van der Waals surface area contributed by atoms with Crippen LogP contribution in [0.15, 0.2) is 21.1 Å². The van der Waals surface area contributed by atoms with E-state index in [4.69, 9.17) is 13.9 Å². The molecule has 0 spiro atoms. The summed E-state index contributed by atoms with van der Waals surface area (Å²) in [6.07, 6.45) is 1.86. The van der Waals surface area contributed by atoms with Crippen LogP contribution in [-0.2, 0) is 4.43 Å². The lowest BCUT2D eigenvalue weighted by molar-refractivity contribution is 0.232. The summed E-state index contributed by atoms with van der Waals surface area (Å²) in [4.78, 5) is 0. The molecule has 138 valence electrons. The molecule has 0 saturated heterocycles. The van der Waals surface area contributed by atoms with E-state index in [-0.39, 0.29) is 5.04 Å². The molecular weight excluding hydrogens is 452 g/mol. The predicted molar refractivity (Wildman–Crippen MR) is 111 cm³/mol. The van der Waals surface area contributed by atoms with Crippen molar-refractivity contribution in [3.05, 3.63) is 21.1 Å². The van der Waals surface area contributed by atoms with Crippen LogP contribution in [-0.4, -0.2) is 28.1 Å². The van der Waals surface area contributed by atoms with E-state index in [0.29, 0.717) is 13.2 Å². The zero-order valence-corrected chi connectivity index (χ0v) is 19.8. The Morgan fingerprint density at radius 3 is 1.88 bits per heavy atom. The van der Waals surface area contributed by atoms with Crippen LogP contribution in [0, 0.1) is 0 Å². The molecule has 0 aliphatic heterocycles. The molecule has 3 nitrogen and oxygen atoms in total. The van der Waals surface area contributed by atoms with Crippen LogP contribution in [0.5, 0.6) is 11.5 Å². The number of benzene rings is 1. The predicted octanol–water partition coefficient (Wildman–Crippen LogP) is 6.79. The van der Waals surface area contributed by atoms with Crippen LogP contribution in [0.3, 0.4) is 0 Å². The number of hydrogen-bond donors (Lipinski definition) is 0. The topological polar surface area (TPSA) is 27.7 Å². The van der Waals surface area contributed by atoms with Gasteiger partial charge in [-0.2, -0.15) is 0 Å². The van der Waals surface area contributed by atoms with Gasteiger partial charge < -0.3 is 13.9 Å². The van der Waals surface area contributed by atoms with Crippen molar-refractivity contribution < 1.29 is 13.9 Å². The van der Waals surface area contributed by atoms with Gasteiger partial charge in [-0.3, -0.25) is 0 Å². The Morgan fingerprint density at radius 2 is 1.42 bits per heavy atom. The molecule has 0 heterocycles. The smallest absolute Gasteiger partial charge is 0.191 e. The molecule has 0 saturated carbocycles. The average molecular weight is 482 g/mol. The van der Waals surface area contributed by atoms with Gasteiger partial charge in [0.05, 0.1) is 22.2 Å². The monoisotopic (exact) mass is 480 g/mol. The van der Waals surface area contributed by atoms with E-state index in [1.165, 1.54) is 0 Å². The first-order valence-electron chi connectivity index (χ1n) is 8.47. The summed E-state index contributed by atoms with van der Waals surface area (Å²) in [5.74, 6) is 1.65. The normalized spacial score (nSPS) is 12.3. The zero-order valence-electron chi connectivity index (χ0n) is 15.7. The lowest BCUT2D eigenvalue weighted by Gasteiger charge is -2.36. The average Bonchev–Trinajstić information content (AvgIpc) is 2.47. The minimum Gasteiger partial charge on any atom is -0.492 e. The molecule has 0 atom stereocenters. The van der Waals surface area contributed by atoms with E-state index in [1.54, 1.807) is 0 Å². The third kappa shape index (κ3) is 6.69. The Morgan fingerprint density at radius 1 is 0.917 bits per heavy atom. The minimum atomic E-state index is -1.66. The fraction of sp³-hybridized carbons (Fsp3) is 0.667. The first-order chi connectivity index (χ1) is 11.1. The number of rotatable bonds is 9. The largest absolute Gasteiger partial charge is 0.492 e. The minimum absolute atomic E-state index is 0.246. The Bertz CT molecular complexity index is 528. The molecule has 1 aromatic carbocycles. The molecule has 1 aromatic rings. The molecule has 0 amide bonds. The van der Waals surface area contributed by atoms with E-state index in [9.17, 15) is 0 Å². The van der Waals surface area contributed by atoms with Gasteiger partial charge in [-0.15, -0.1) is 0 Å². The summed E-state index contributed by atoms with van der Waals surface area (Å²) in [7, 11) is -1.66. The van der Waals surface area contributed by atoms with Gasteiger partial charge in [0.2, 0.25) is 0 Å². The van der Waals surface area contributed by atoms with Gasteiger partial charge in [-0.25, -0.2) is 0 Å². The SMILES string of the molecule is CCCOc1cc(Br)c(OCCCO[Si](C)(C)C(C)(C)C)cc1Br. The molecule has 0 aromatic heterocycles. The highest BCUT2D eigenvalue weighted by molar-refractivity contribution is 9.11. The number of halogens is 2. The van der Waals surface area contributed by atoms with Gasteiger partial charge in [0.15, 0.2) is 8.32 Å². The molecule has 6 heteroatoms. The quantitative estimate of drug-likeness (QED) is 0.287. The van der Waals surface area contributed by atoms with Crippen LogP contribution in [0.1, 0.15) is 40.5 Å². The van der Waals surface area contributed by atoms with Crippen LogP contribution in [0.25, 0.3) is 0 Å². The van der Waals surface area contributed by atoms with Crippen LogP contribution < -0.4 is 9.47 Å². The van der Waals surface area contributed by atoms with E-state index in [1.807, 2.05) is 12.1 Å². The summed E-state index contributed by atoms with van der Waals surface area (Å²) in [6, 6.07) is 3.89. The van der Waals surface area contributed by atoms with Crippen molar-refractivity contribution in [2.45, 2.75) is 58.7 Å². The van der Waals surface area contributed by atoms with E-state index < -0.39 is 8.32 Å². The van der Waals surface area contributed by atoms with Gasteiger partial charge in [0, 0.05) is 13.0 Å². The van der Waals surface area contributed by atoms with Crippen molar-refractivity contribution in [1.82, 2.24) is 0 Å². The molecular formula is C18H30Br2O3Si. The summed E-state index contributed by atoms with van der Waals surface area (Å²) in [5, 5.41) is 0.246. The van der Waals surface area contributed by atoms with Gasteiger partial charge in [-0.1, -0.05) is 27.7 Å². The lowest BCUT2D eigenvalue weighted by atomic mass is 10.2. The van der Waals surface area contributed by atoms with Crippen molar-refractivity contribution in [2.24, 2.45) is 0 Å². The maximum Gasteiger partial charge on any atom is 0.191 e. The Labute approximate surface area is 164 Å². The van der Waals surface area contributed by atoms with Crippen molar-refractivity contribution in [3.63, 3.8) is 0 Å². The fourth-order valence-corrected chi connectivity index (χ4v) is 3.69. The van der Waals surface area contributed by atoms with Gasteiger partial charge in [-0.05, 0) is 68.5 Å². The lowest BCUT2D eigenvalue weighted by Crippen LogP contribution is -2.41. The summed E-state index contributed by atoms with van der Waals surface area (Å²) in [6.45, 7) is 15.5. The number of hydrogen-bond acceptors (Lipinski definition) is 3. The van der Waals surface area contributed by atoms with E-state index in [2.05, 4.69) is 72.6 Å². The van der Waals surface area contributed by atoms with Crippen molar-refractivity contribution in [2.75, 3.05) is 19.8 Å². The van der Waals surface area contributed by atoms with Crippen LogP contribution in [0.2, 0.25) is 18.1 Å². The van der Waals surface area contributed by atoms with Crippen LogP contribution in [0.4, 0.5) is 0 Å². The molecule has 1 rings (SSSR count). The molecule has 0 N–H and O–H groups in total. The number of ether oxygens (including phenoxy) is 2. The Kier molecular flexibility index (Phi) is 8.80. The fourth-order valence-electron chi connectivity index (χ4n) is 1.73. The van der Waals surface area contributed by atoms with Gasteiger partial charge in [0.25, 0.3) is 0 Å². The summed E-state index contributed by atoms with van der Waals surface area (Å²) in [5.41, 5.74) is 0. The molecule has 0 aliphatic rings. The highest BCUT2D eigenvalue weighted by atomic mass is 79.9. The molecule has 0 bridgehead atoms.